The first-order valence-electron chi connectivity index (χ1n) is 7.12. The Bertz CT molecular complexity index is 788. The van der Waals surface area contributed by atoms with Crippen molar-refractivity contribution >= 4 is 0 Å². The Morgan fingerprint density at radius 2 is 1.55 bits per heavy atom. The number of aromatic nitrogens is 1. The number of hydrogen-bond donors (Lipinski definition) is 0. The van der Waals surface area contributed by atoms with Crippen molar-refractivity contribution in [2.75, 3.05) is 7.11 Å². The summed E-state index contributed by atoms with van der Waals surface area (Å²) >= 11 is 0. The van der Waals surface area contributed by atoms with Gasteiger partial charge in [-0.1, -0.05) is 60.7 Å². The number of methoxy groups -OCH3 is 1. The molecule has 0 aliphatic heterocycles. The van der Waals surface area contributed by atoms with Crippen molar-refractivity contribution in [3.05, 3.63) is 88.0 Å². The molecule has 4 heteroatoms. The van der Waals surface area contributed by atoms with Gasteiger partial charge < -0.3 is 9.15 Å². The average Bonchev–Trinajstić information content (AvgIpc) is 2.85. The van der Waals surface area contributed by atoms with E-state index in [-0.39, 0.29) is 5.95 Å². The van der Waals surface area contributed by atoms with Gasteiger partial charge in [-0.25, -0.2) is 4.79 Å². The molecule has 1 heterocycles. The third-order valence-corrected chi connectivity index (χ3v) is 3.55. The maximum Gasteiger partial charge on any atom is 0.422 e. The van der Waals surface area contributed by atoms with Gasteiger partial charge in [0.2, 0.25) is 0 Å². The topological polar surface area (TPSA) is 44.4 Å². The summed E-state index contributed by atoms with van der Waals surface area (Å²) in [6.07, 6.45) is 0.586. The van der Waals surface area contributed by atoms with Crippen molar-refractivity contribution in [2.45, 2.75) is 13.0 Å². The summed E-state index contributed by atoms with van der Waals surface area (Å²) in [5.74, 6) is -0.114. The Morgan fingerprint density at radius 1 is 0.955 bits per heavy atom. The molecule has 0 bridgehead atoms. The third kappa shape index (κ3) is 2.96. The fourth-order valence-corrected chi connectivity index (χ4v) is 2.46. The Morgan fingerprint density at radius 3 is 2.14 bits per heavy atom. The highest BCUT2D eigenvalue weighted by molar-refractivity contribution is 5.27. The molecule has 2 aromatic carbocycles. The Hall–Kier alpha value is -2.75. The molecule has 0 aliphatic carbocycles. The normalized spacial score (nSPS) is 10.6. The van der Waals surface area contributed by atoms with Gasteiger partial charge in [0.15, 0.2) is 0 Å². The molecule has 0 unspecified atom stereocenters. The summed E-state index contributed by atoms with van der Waals surface area (Å²) in [7, 11) is 1.51. The van der Waals surface area contributed by atoms with Gasteiger partial charge in [0.1, 0.15) is 5.69 Å². The second-order valence-electron chi connectivity index (χ2n) is 5.04. The molecule has 0 atom stereocenters. The smallest absolute Gasteiger partial charge is 0.422 e. The minimum absolute atomic E-state index is 0.282. The van der Waals surface area contributed by atoms with E-state index >= 15 is 0 Å². The van der Waals surface area contributed by atoms with E-state index in [1.165, 1.54) is 7.11 Å². The van der Waals surface area contributed by atoms with Crippen molar-refractivity contribution in [3.63, 3.8) is 0 Å². The van der Waals surface area contributed by atoms with Crippen LogP contribution in [0.2, 0.25) is 0 Å². The predicted molar refractivity (Wildman–Crippen MR) is 84.3 cm³/mol. The molecule has 112 valence electrons. The number of rotatable bonds is 5. The van der Waals surface area contributed by atoms with Crippen molar-refractivity contribution in [2.24, 2.45) is 0 Å². The van der Waals surface area contributed by atoms with Crippen LogP contribution >= 0.6 is 0 Å². The molecule has 1 aromatic heterocycles. The fourth-order valence-electron chi connectivity index (χ4n) is 2.46. The average molecular weight is 295 g/mol. The van der Waals surface area contributed by atoms with Crippen LogP contribution in [0.3, 0.4) is 0 Å². The van der Waals surface area contributed by atoms with Crippen molar-refractivity contribution in [1.29, 1.82) is 0 Å². The first-order chi connectivity index (χ1) is 10.8. The molecule has 0 saturated heterocycles. The van der Waals surface area contributed by atoms with Crippen LogP contribution < -0.4 is 10.5 Å². The van der Waals surface area contributed by atoms with Gasteiger partial charge in [0.25, 0.3) is 0 Å². The molecule has 22 heavy (non-hydrogen) atoms. The highest BCUT2D eigenvalue weighted by Gasteiger charge is 2.18. The molecule has 3 rings (SSSR count). The van der Waals surface area contributed by atoms with Gasteiger partial charge in [0, 0.05) is 6.42 Å². The maximum atomic E-state index is 12.1. The minimum Gasteiger partial charge on any atom is -0.467 e. The van der Waals surface area contributed by atoms with Crippen LogP contribution in [0.15, 0.2) is 69.9 Å². The van der Waals surface area contributed by atoms with Crippen LogP contribution in [0.4, 0.5) is 0 Å². The Kier molecular flexibility index (Phi) is 4.10. The Balaban J connectivity index is 1.98. The highest BCUT2D eigenvalue weighted by Crippen LogP contribution is 2.21. The first-order valence-corrected chi connectivity index (χ1v) is 7.12. The summed E-state index contributed by atoms with van der Waals surface area (Å²) in [5, 5.41) is 0. The number of hydrogen-bond acceptors (Lipinski definition) is 3. The summed E-state index contributed by atoms with van der Waals surface area (Å²) in [5.41, 5.74) is 2.90. The first kappa shape index (κ1) is 14.2. The SMILES string of the molecule is COc1oc(=O)n(Cc2ccccc2)c1Cc1ccccc1. The van der Waals surface area contributed by atoms with E-state index in [4.69, 9.17) is 9.15 Å². The maximum absolute atomic E-state index is 12.1. The molecule has 0 N–H and O–H groups in total. The quantitative estimate of drug-likeness (QED) is 0.726. The second kappa shape index (κ2) is 6.35. The summed E-state index contributed by atoms with van der Waals surface area (Å²) in [6, 6.07) is 19.8. The zero-order valence-electron chi connectivity index (χ0n) is 12.4. The van der Waals surface area contributed by atoms with E-state index in [0.717, 1.165) is 16.8 Å². The number of benzene rings is 2. The third-order valence-electron chi connectivity index (χ3n) is 3.55. The molecule has 0 amide bonds. The zero-order valence-corrected chi connectivity index (χ0v) is 12.4. The fraction of sp³-hybridized carbons (Fsp3) is 0.167. The minimum atomic E-state index is -0.397. The number of oxazole rings is 1. The van der Waals surface area contributed by atoms with Crippen LogP contribution in [0.5, 0.6) is 5.95 Å². The zero-order chi connectivity index (χ0) is 15.4. The monoisotopic (exact) mass is 295 g/mol. The van der Waals surface area contributed by atoms with E-state index < -0.39 is 5.76 Å². The van der Waals surface area contributed by atoms with Crippen LogP contribution in [0.25, 0.3) is 0 Å². The van der Waals surface area contributed by atoms with E-state index in [0.29, 0.717) is 13.0 Å². The number of nitrogens with zero attached hydrogens (tertiary/aromatic N) is 1. The highest BCUT2D eigenvalue weighted by atomic mass is 16.6. The molecule has 0 spiro atoms. The van der Waals surface area contributed by atoms with Gasteiger partial charge >= 0.3 is 11.7 Å². The van der Waals surface area contributed by atoms with Gasteiger partial charge in [-0.2, -0.15) is 0 Å². The standard InChI is InChI=1S/C18H17NO3/c1-21-17-16(12-14-8-4-2-5-9-14)19(18(20)22-17)13-15-10-6-3-7-11-15/h2-11H,12-13H2,1H3. The molecule has 0 saturated carbocycles. The lowest BCUT2D eigenvalue weighted by atomic mass is 10.1. The lowest BCUT2D eigenvalue weighted by Crippen LogP contribution is -2.18. The molecule has 0 fully saturated rings. The van der Waals surface area contributed by atoms with Crippen LogP contribution in [-0.4, -0.2) is 11.7 Å². The van der Waals surface area contributed by atoms with Gasteiger partial charge in [0.05, 0.1) is 13.7 Å². The van der Waals surface area contributed by atoms with Crippen molar-refractivity contribution < 1.29 is 9.15 Å². The van der Waals surface area contributed by atoms with Crippen molar-refractivity contribution in [3.8, 4) is 5.95 Å². The van der Waals surface area contributed by atoms with E-state index in [1.807, 2.05) is 60.7 Å². The molecule has 0 aliphatic rings. The predicted octanol–water partition coefficient (Wildman–Crippen LogP) is 3.09. The van der Waals surface area contributed by atoms with Crippen LogP contribution in [0, 0.1) is 0 Å². The van der Waals surface area contributed by atoms with E-state index in [9.17, 15) is 4.79 Å². The lowest BCUT2D eigenvalue weighted by molar-refractivity contribution is 0.291. The molecule has 4 nitrogen and oxygen atoms in total. The molecule has 0 radical (unpaired) electrons. The Labute approximate surface area is 128 Å². The summed E-state index contributed by atoms with van der Waals surface area (Å²) in [4.78, 5) is 12.1. The van der Waals surface area contributed by atoms with Crippen LogP contribution in [-0.2, 0) is 13.0 Å². The van der Waals surface area contributed by atoms with Gasteiger partial charge in [-0.3, -0.25) is 4.57 Å². The second-order valence-corrected chi connectivity index (χ2v) is 5.04. The van der Waals surface area contributed by atoms with E-state index in [2.05, 4.69) is 0 Å². The van der Waals surface area contributed by atoms with Crippen molar-refractivity contribution in [1.82, 2.24) is 4.57 Å². The largest absolute Gasteiger partial charge is 0.467 e. The summed E-state index contributed by atoms with van der Waals surface area (Å²) < 4.78 is 12.1. The van der Waals surface area contributed by atoms with Crippen LogP contribution in [0.1, 0.15) is 16.8 Å². The lowest BCUT2D eigenvalue weighted by Gasteiger charge is -2.07. The molecule has 3 aromatic rings. The van der Waals surface area contributed by atoms with E-state index in [1.54, 1.807) is 4.57 Å². The van der Waals surface area contributed by atoms with Gasteiger partial charge in [-0.15, -0.1) is 0 Å². The summed E-state index contributed by atoms with van der Waals surface area (Å²) in [6.45, 7) is 0.467. The molecular formula is C18H17NO3. The number of ether oxygens (including phenoxy) is 1. The molecular weight excluding hydrogens is 278 g/mol. The van der Waals surface area contributed by atoms with Gasteiger partial charge in [-0.05, 0) is 11.1 Å².